The zero-order valence-electron chi connectivity index (χ0n) is 10.8. The highest BCUT2D eigenvalue weighted by atomic mass is 32.2. The number of amides is 1. The van der Waals surface area contributed by atoms with Crippen molar-refractivity contribution in [2.75, 3.05) is 23.1 Å². The number of nitrogens with one attached hydrogen (secondary N) is 1. The third-order valence-corrected chi connectivity index (χ3v) is 3.23. The second kappa shape index (κ2) is 5.33. The Morgan fingerprint density at radius 2 is 1.95 bits per heavy atom. The second-order valence-electron chi connectivity index (χ2n) is 4.34. The molecule has 0 aliphatic rings. The van der Waals surface area contributed by atoms with Crippen molar-refractivity contribution in [1.29, 1.82) is 0 Å². The highest BCUT2D eigenvalue weighted by Crippen LogP contribution is 2.16. The zero-order valence-corrected chi connectivity index (χ0v) is 11.6. The smallest absolute Gasteiger partial charge is 0.240 e. The van der Waals surface area contributed by atoms with E-state index in [1.54, 1.807) is 30.3 Å². The van der Waals surface area contributed by atoms with E-state index in [-0.39, 0.29) is 0 Å². The van der Waals surface area contributed by atoms with Crippen molar-refractivity contribution in [2.24, 2.45) is 0 Å². The summed E-state index contributed by atoms with van der Waals surface area (Å²) >= 11 is 0. The van der Waals surface area contributed by atoms with Crippen LogP contribution in [0.5, 0.6) is 0 Å². The molecule has 0 aliphatic carbocycles. The molecule has 0 radical (unpaired) electrons. The molecule has 0 spiro atoms. The Labute approximate surface area is 116 Å². The van der Waals surface area contributed by atoms with Gasteiger partial charge in [0, 0.05) is 18.0 Å². The largest absolute Gasteiger partial charge is 0.399 e. The number of carbonyl (C=O) groups excluding carboxylic acids is 1. The van der Waals surface area contributed by atoms with Crippen LogP contribution in [0.2, 0.25) is 0 Å². The number of nitrogens with zero attached hydrogens (tertiary/aromatic N) is 2. The van der Waals surface area contributed by atoms with Gasteiger partial charge in [-0.2, -0.15) is 5.10 Å². The fourth-order valence-electron chi connectivity index (χ4n) is 1.64. The van der Waals surface area contributed by atoms with Gasteiger partial charge in [0.05, 0.1) is 11.9 Å². The Balaban J connectivity index is 2.21. The van der Waals surface area contributed by atoms with Crippen LogP contribution >= 0.6 is 0 Å². The number of aromatic nitrogens is 2. The number of benzene rings is 1. The lowest BCUT2D eigenvalue weighted by atomic mass is 10.3. The van der Waals surface area contributed by atoms with Crippen molar-refractivity contribution < 1.29 is 13.2 Å². The van der Waals surface area contributed by atoms with Gasteiger partial charge in [-0.25, -0.2) is 13.1 Å². The number of nitrogen functional groups attached to an aromatic ring is 1. The van der Waals surface area contributed by atoms with Crippen LogP contribution in [0.15, 0.2) is 36.5 Å². The molecule has 8 heteroatoms. The average molecular weight is 294 g/mol. The van der Waals surface area contributed by atoms with E-state index in [9.17, 15) is 13.2 Å². The molecule has 0 atom stereocenters. The molecule has 0 saturated carbocycles. The number of carbonyl (C=O) groups is 1. The number of hydrogen-bond donors (Lipinski definition) is 2. The fraction of sp³-hybridized carbons (Fsp3) is 0.167. The summed E-state index contributed by atoms with van der Waals surface area (Å²) in [5.41, 5.74) is 6.92. The van der Waals surface area contributed by atoms with Crippen LogP contribution in [-0.2, 0) is 14.6 Å². The van der Waals surface area contributed by atoms with Gasteiger partial charge in [-0.15, -0.1) is 0 Å². The molecule has 0 fully saturated rings. The third kappa shape index (κ3) is 3.58. The molecule has 7 nitrogen and oxygen atoms in total. The standard InChI is InChI=1S/C12H14N4O3S/c1-20(18,19)8-12(17)15-11-6-7-14-16(11)10-4-2-9(13)3-5-10/h2-7H,8,13H2,1H3,(H,15,17). The third-order valence-electron chi connectivity index (χ3n) is 2.44. The molecule has 0 saturated heterocycles. The van der Waals surface area contributed by atoms with Crippen molar-refractivity contribution in [3.63, 3.8) is 0 Å². The minimum Gasteiger partial charge on any atom is -0.399 e. The lowest BCUT2D eigenvalue weighted by Gasteiger charge is -2.08. The Morgan fingerprint density at radius 3 is 2.55 bits per heavy atom. The molecule has 106 valence electrons. The van der Waals surface area contributed by atoms with E-state index in [0.29, 0.717) is 17.2 Å². The molecule has 20 heavy (non-hydrogen) atoms. The van der Waals surface area contributed by atoms with Gasteiger partial charge in [-0.3, -0.25) is 4.79 Å². The first-order valence-corrected chi connectivity index (χ1v) is 7.79. The molecule has 2 rings (SSSR count). The minimum absolute atomic E-state index is 0.392. The van der Waals surface area contributed by atoms with Crippen LogP contribution in [0.25, 0.3) is 5.69 Å². The van der Waals surface area contributed by atoms with Crippen molar-refractivity contribution in [1.82, 2.24) is 9.78 Å². The molecular formula is C12H14N4O3S. The maximum atomic E-state index is 11.6. The average Bonchev–Trinajstić information content (AvgIpc) is 2.75. The lowest BCUT2D eigenvalue weighted by Crippen LogP contribution is -2.23. The van der Waals surface area contributed by atoms with Gasteiger partial charge in [0.2, 0.25) is 5.91 Å². The summed E-state index contributed by atoms with van der Waals surface area (Å²) in [4.78, 5) is 11.6. The van der Waals surface area contributed by atoms with E-state index in [1.165, 1.54) is 10.9 Å². The molecule has 0 unspecified atom stereocenters. The molecule has 1 amide bonds. The van der Waals surface area contributed by atoms with Crippen molar-refractivity contribution in [3.05, 3.63) is 36.5 Å². The summed E-state index contributed by atoms with van der Waals surface area (Å²) in [6.07, 6.45) is 2.51. The maximum absolute atomic E-state index is 11.6. The topological polar surface area (TPSA) is 107 Å². The fourth-order valence-corrected chi connectivity index (χ4v) is 2.18. The highest BCUT2D eigenvalue weighted by Gasteiger charge is 2.13. The normalized spacial score (nSPS) is 11.2. The molecule has 1 aromatic heterocycles. The van der Waals surface area contributed by atoms with Crippen molar-refractivity contribution in [3.8, 4) is 5.69 Å². The quantitative estimate of drug-likeness (QED) is 0.795. The first-order chi connectivity index (χ1) is 9.35. The summed E-state index contributed by atoms with van der Waals surface area (Å²) in [5, 5.41) is 6.59. The SMILES string of the molecule is CS(=O)(=O)CC(=O)Nc1ccnn1-c1ccc(N)cc1. The van der Waals surface area contributed by atoms with E-state index >= 15 is 0 Å². The maximum Gasteiger partial charge on any atom is 0.240 e. The first kappa shape index (κ1) is 14.1. The molecule has 1 aromatic carbocycles. The molecule has 2 aromatic rings. The summed E-state index contributed by atoms with van der Waals surface area (Å²) in [6.45, 7) is 0. The van der Waals surface area contributed by atoms with Gasteiger partial charge < -0.3 is 11.1 Å². The molecule has 3 N–H and O–H groups in total. The van der Waals surface area contributed by atoms with Crippen molar-refractivity contribution in [2.45, 2.75) is 0 Å². The summed E-state index contributed by atoms with van der Waals surface area (Å²) in [5.74, 6) is -0.784. The van der Waals surface area contributed by atoms with E-state index < -0.39 is 21.5 Å². The monoisotopic (exact) mass is 294 g/mol. The van der Waals surface area contributed by atoms with E-state index in [0.717, 1.165) is 6.26 Å². The van der Waals surface area contributed by atoms with Gasteiger partial charge in [0.15, 0.2) is 9.84 Å². The number of rotatable bonds is 4. The number of anilines is 2. The second-order valence-corrected chi connectivity index (χ2v) is 6.48. The predicted octanol–water partition coefficient (Wildman–Crippen LogP) is 0.438. The summed E-state index contributed by atoms with van der Waals surface area (Å²) in [7, 11) is -3.37. The van der Waals surface area contributed by atoms with E-state index in [4.69, 9.17) is 5.73 Å². The Kier molecular flexibility index (Phi) is 3.75. The Hall–Kier alpha value is -2.35. The van der Waals surface area contributed by atoms with Gasteiger partial charge in [0.1, 0.15) is 11.6 Å². The van der Waals surface area contributed by atoms with Gasteiger partial charge in [0.25, 0.3) is 0 Å². The number of nitrogens with two attached hydrogens (primary N) is 1. The lowest BCUT2D eigenvalue weighted by molar-refractivity contribution is -0.113. The van der Waals surface area contributed by atoms with Gasteiger partial charge >= 0.3 is 0 Å². The van der Waals surface area contributed by atoms with E-state index in [1.807, 2.05) is 0 Å². The van der Waals surface area contributed by atoms with Crippen LogP contribution in [0.4, 0.5) is 11.5 Å². The minimum atomic E-state index is -3.37. The summed E-state index contributed by atoms with van der Waals surface area (Å²) < 4.78 is 23.6. The van der Waals surface area contributed by atoms with E-state index in [2.05, 4.69) is 10.4 Å². The number of sulfone groups is 1. The van der Waals surface area contributed by atoms with Gasteiger partial charge in [-0.1, -0.05) is 0 Å². The van der Waals surface area contributed by atoms with Crippen LogP contribution in [0.3, 0.4) is 0 Å². The molecule has 0 aliphatic heterocycles. The zero-order chi connectivity index (χ0) is 14.8. The Morgan fingerprint density at radius 1 is 1.30 bits per heavy atom. The summed E-state index contributed by atoms with van der Waals surface area (Å²) in [6, 6.07) is 8.48. The Bertz CT molecular complexity index is 719. The molecule has 1 heterocycles. The first-order valence-electron chi connectivity index (χ1n) is 5.73. The highest BCUT2D eigenvalue weighted by molar-refractivity contribution is 7.91. The van der Waals surface area contributed by atoms with Crippen LogP contribution in [0, 0.1) is 0 Å². The van der Waals surface area contributed by atoms with Crippen LogP contribution < -0.4 is 11.1 Å². The molecular weight excluding hydrogens is 280 g/mol. The number of hydrogen-bond acceptors (Lipinski definition) is 5. The molecule has 0 bridgehead atoms. The van der Waals surface area contributed by atoms with Gasteiger partial charge in [-0.05, 0) is 24.3 Å². The van der Waals surface area contributed by atoms with Crippen LogP contribution in [-0.4, -0.2) is 36.1 Å². The van der Waals surface area contributed by atoms with Crippen molar-refractivity contribution >= 4 is 27.2 Å². The van der Waals surface area contributed by atoms with Crippen LogP contribution in [0.1, 0.15) is 0 Å². The predicted molar refractivity (Wildman–Crippen MR) is 76.3 cm³/mol.